The fourth-order valence-corrected chi connectivity index (χ4v) is 2.64. The molecule has 0 saturated heterocycles. The van der Waals surface area contributed by atoms with E-state index < -0.39 is 11.9 Å². The molecule has 0 spiro atoms. The van der Waals surface area contributed by atoms with E-state index in [4.69, 9.17) is 21.1 Å². The molecule has 6 nitrogen and oxygen atoms in total. The summed E-state index contributed by atoms with van der Waals surface area (Å²) in [6.45, 7) is 0. The Labute approximate surface area is 172 Å². The van der Waals surface area contributed by atoms with E-state index in [1.54, 1.807) is 66.7 Å². The van der Waals surface area contributed by atoms with Gasteiger partial charge in [-0.15, -0.1) is 0 Å². The first-order chi connectivity index (χ1) is 14.1. The molecule has 1 amide bonds. The number of halogens is 1. The molecule has 0 aliphatic rings. The lowest BCUT2D eigenvalue weighted by Gasteiger charge is -2.10. The first kappa shape index (κ1) is 20.1. The number of hydrogen-bond donors (Lipinski definition) is 1. The molecule has 0 fully saturated rings. The molecule has 3 rings (SSSR count). The molecule has 0 heterocycles. The number of methoxy groups -OCH3 is 1. The predicted molar refractivity (Wildman–Crippen MR) is 111 cm³/mol. The van der Waals surface area contributed by atoms with Crippen molar-refractivity contribution in [2.75, 3.05) is 7.11 Å². The summed E-state index contributed by atoms with van der Waals surface area (Å²) in [5.74, 6) is -0.263. The van der Waals surface area contributed by atoms with Crippen molar-refractivity contribution in [3.8, 4) is 11.5 Å². The predicted octanol–water partition coefficient (Wildman–Crippen LogP) is 4.33. The topological polar surface area (TPSA) is 77.0 Å². The van der Waals surface area contributed by atoms with Crippen molar-refractivity contribution in [1.29, 1.82) is 0 Å². The molecule has 0 bridgehead atoms. The van der Waals surface area contributed by atoms with Gasteiger partial charge in [-0.25, -0.2) is 10.2 Å². The highest BCUT2D eigenvalue weighted by atomic mass is 35.5. The molecule has 3 aromatic carbocycles. The smallest absolute Gasteiger partial charge is 0.343 e. The molecule has 0 radical (unpaired) electrons. The van der Waals surface area contributed by atoms with E-state index in [1.807, 2.05) is 6.07 Å². The van der Waals surface area contributed by atoms with Crippen LogP contribution in [0.25, 0.3) is 0 Å². The molecule has 3 aromatic rings. The number of carbonyl (C=O) groups is 2. The number of rotatable bonds is 6. The molecule has 7 heteroatoms. The van der Waals surface area contributed by atoms with E-state index in [0.717, 1.165) is 0 Å². The van der Waals surface area contributed by atoms with Gasteiger partial charge in [-0.3, -0.25) is 4.79 Å². The van der Waals surface area contributed by atoms with E-state index >= 15 is 0 Å². The lowest BCUT2D eigenvalue weighted by Crippen LogP contribution is -2.17. The highest BCUT2D eigenvalue weighted by molar-refractivity contribution is 6.30. The zero-order valence-corrected chi connectivity index (χ0v) is 16.2. The number of carbonyl (C=O) groups excluding carboxylic acids is 2. The first-order valence-corrected chi connectivity index (χ1v) is 8.99. The third kappa shape index (κ3) is 5.43. The Morgan fingerprint density at radius 1 is 0.931 bits per heavy atom. The van der Waals surface area contributed by atoms with Crippen LogP contribution in [-0.4, -0.2) is 25.2 Å². The molecule has 0 aliphatic carbocycles. The number of hydrazone groups is 1. The van der Waals surface area contributed by atoms with Crippen LogP contribution in [-0.2, 0) is 0 Å². The van der Waals surface area contributed by atoms with Crippen molar-refractivity contribution in [3.63, 3.8) is 0 Å². The van der Waals surface area contributed by atoms with E-state index in [-0.39, 0.29) is 5.75 Å². The lowest BCUT2D eigenvalue weighted by atomic mass is 10.2. The fraction of sp³-hybridized carbons (Fsp3) is 0.0455. The van der Waals surface area contributed by atoms with Crippen molar-refractivity contribution in [2.45, 2.75) is 0 Å². The van der Waals surface area contributed by atoms with E-state index in [2.05, 4.69) is 10.5 Å². The van der Waals surface area contributed by atoms with Crippen molar-refractivity contribution in [1.82, 2.24) is 5.43 Å². The zero-order chi connectivity index (χ0) is 20.6. The van der Waals surface area contributed by atoms with E-state index in [9.17, 15) is 9.59 Å². The Hall–Kier alpha value is -3.64. The van der Waals surface area contributed by atoms with Crippen molar-refractivity contribution >= 4 is 29.7 Å². The summed E-state index contributed by atoms with van der Waals surface area (Å²) in [4.78, 5) is 24.4. The van der Waals surface area contributed by atoms with Crippen molar-refractivity contribution in [2.24, 2.45) is 5.10 Å². The maximum Gasteiger partial charge on any atom is 0.343 e. The van der Waals surface area contributed by atoms with Gasteiger partial charge in [0.15, 0.2) is 11.5 Å². The molecular formula is C22H17ClN2O4. The SMILES string of the molecule is COc1ccc(/C=N\NC(=O)c2cccc(Cl)c2)cc1OC(=O)c1ccccc1. The van der Waals surface area contributed by atoms with Gasteiger partial charge >= 0.3 is 5.97 Å². The van der Waals surface area contributed by atoms with Crippen LogP contribution in [0.3, 0.4) is 0 Å². The Morgan fingerprint density at radius 3 is 2.41 bits per heavy atom. The van der Waals surface area contributed by atoms with Gasteiger partial charge in [-0.1, -0.05) is 35.9 Å². The van der Waals surface area contributed by atoms with Gasteiger partial charge in [0.1, 0.15) is 0 Å². The highest BCUT2D eigenvalue weighted by Crippen LogP contribution is 2.28. The van der Waals surface area contributed by atoms with Gasteiger partial charge < -0.3 is 9.47 Å². The van der Waals surface area contributed by atoms with E-state index in [1.165, 1.54) is 13.3 Å². The van der Waals surface area contributed by atoms with E-state index in [0.29, 0.717) is 27.5 Å². The summed E-state index contributed by atoms with van der Waals surface area (Å²) in [5.41, 5.74) is 3.84. The highest BCUT2D eigenvalue weighted by Gasteiger charge is 2.12. The summed E-state index contributed by atoms with van der Waals surface area (Å²) in [7, 11) is 1.48. The average molecular weight is 409 g/mol. The summed E-state index contributed by atoms with van der Waals surface area (Å²) < 4.78 is 10.7. The molecule has 0 aliphatic heterocycles. The number of ether oxygens (including phenoxy) is 2. The molecule has 0 unspecified atom stereocenters. The molecular weight excluding hydrogens is 392 g/mol. The van der Waals surface area contributed by atoms with Crippen LogP contribution >= 0.6 is 11.6 Å². The van der Waals surface area contributed by atoms with Crippen LogP contribution in [0.15, 0.2) is 77.9 Å². The Morgan fingerprint density at radius 2 is 1.69 bits per heavy atom. The standard InChI is InChI=1S/C22H17ClN2O4/c1-28-19-11-10-15(12-20(19)29-22(27)16-6-3-2-4-7-16)14-24-25-21(26)17-8-5-9-18(23)13-17/h2-14H,1H3,(H,25,26)/b24-14-. The third-order valence-corrected chi connectivity index (χ3v) is 4.10. The van der Waals surface area contributed by atoms with Crippen LogP contribution in [0.4, 0.5) is 0 Å². The third-order valence-electron chi connectivity index (χ3n) is 3.87. The van der Waals surface area contributed by atoms with Crippen molar-refractivity contribution in [3.05, 3.63) is 94.5 Å². The lowest BCUT2D eigenvalue weighted by molar-refractivity contribution is 0.0729. The van der Waals surface area contributed by atoms with Crippen LogP contribution in [0, 0.1) is 0 Å². The second-order valence-electron chi connectivity index (χ2n) is 5.88. The minimum absolute atomic E-state index is 0.242. The number of nitrogens with one attached hydrogen (secondary N) is 1. The quantitative estimate of drug-likeness (QED) is 0.285. The van der Waals surface area contributed by atoms with Crippen molar-refractivity contribution < 1.29 is 19.1 Å². The molecule has 0 atom stereocenters. The zero-order valence-electron chi connectivity index (χ0n) is 15.5. The van der Waals surface area contributed by atoms with Gasteiger partial charge in [0.25, 0.3) is 5.91 Å². The largest absolute Gasteiger partial charge is 0.493 e. The number of hydrogen-bond acceptors (Lipinski definition) is 5. The van der Waals surface area contributed by atoms with Gasteiger partial charge in [-0.05, 0) is 54.1 Å². The normalized spacial score (nSPS) is 10.6. The summed E-state index contributed by atoms with van der Waals surface area (Å²) in [6.07, 6.45) is 1.43. The summed E-state index contributed by atoms with van der Waals surface area (Å²) in [5, 5.41) is 4.39. The number of amides is 1. The number of benzene rings is 3. The molecule has 0 aromatic heterocycles. The maximum atomic E-state index is 12.3. The molecule has 0 saturated carbocycles. The summed E-state index contributed by atoms with van der Waals surface area (Å²) >= 11 is 5.88. The van der Waals surface area contributed by atoms with Gasteiger partial charge in [0, 0.05) is 10.6 Å². The second kappa shape index (κ2) is 9.52. The van der Waals surface area contributed by atoms with Crippen LogP contribution in [0.1, 0.15) is 26.3 Å². The van der Waals surface area contributed by atoms with Gasteiger partial charge in [-0.2, -0.15) is 5.10 Å². The Bertz CT molecular complexity index is 1050. The molecule has 1 N–H and O–H groups in total. The van der Waals surface area contributed by atoms with Crippen LogP contribution < -0.4 is 14.9 Å². The number of nitrogens with zero attached hydrogens (tertiary/aromatic N) is 1. The Kier molecular flexibility index (Phi) is 6.60. The fourth-order valence-electron chi connectivity index (χ4n) is 2.45. The summed E-state index contributed by atoms with van der Waals surface area (Å²) in [6, 6.07) is 20.1. The minimum atomic E-state index is -0.507. The van der Waals surface area contributed by atoms with Crippen LogP contribution in [0.5, 0.6) is 11.5 Å². The average Bonchev–Trinajstić information content (AvgIpc) is 2.74. The molecule has 146 valence electrons. The first-order valence-electron chi connectivity index (χ1n) is 8.61. The van der Waals surface area contributed by atoms with Gasteiger partial charge in [0.05, 0.1) is 18.9 Å². The monoisotopic (exact) mass is 408 g/mol. The van der Waals surface area contributed by atoms with Crippen LogP contribution in [0.2, 0.25) is 5.02 Å². The second-order valence-corrected chi connectivity index (χ2v) is 6.31. The number of esters is 1. The molecule has 29 heavy (non-hydrogen) atoms. The maximum absolute atomic E-state index is 12.3. The van der Waals surface area contributed by atoms with Gasteiger partial charge in [0.2, 0.25) is 0 Å². The minimum Gasteiger partial charge on any atom is -0.493 e. The Balaban J connectivity index is 1.71.